The normalized spacial score (nSPS) is 12.7. The molecule has 2 rings (SSSR count). The molecule has 1 heterocycles. The number of thioether (sulfide) groups is 1. The second-order valence-electron chi connectivity index (χ2n) is 3.72. The molecule has 2 nitrogen and oxygen atoms in total. The van der Waals surface area contributed by atoms with Gasteiger partial charge in [-0.05, 0) is 19.1 Å². The van der Waals surface area contributed by atoms with E-state index in [0.717, 1.165) is 5.16 Å². The van der Waals surface area contributed by atoms with E-state index < -0.39 is 11.6 Å². The molecule has 17 heavy (non-hydrogen) atoms. The standard InChI is InChI=1S/C12H12F2N2S/c1-8(17-12-15-6-7-16(12)2)11-9(13)4-3-5-10(11)14/h3-8H,1-2H3. The fourth-order valence-corrected chi connectivity index (χ4v) is 2.59. The Morgan fingerprint density at radius 3 is 2.47 bits per heavy atom. The Kier molecular flexibility index (Phi) is 3.47. The molecular weight excluding hydrogens is 242 g/mol. The molecule has 0 N–H and O–H groups in total. The molecule has 0 spiro atoms. The van der Waals surface area contributed by atoms with Crippen LogP contribution >= 0.6 is 11.8 Å². The molecule has 0 bridgehead atoms. The lowest BCUT2D eigenvalue weighted by atomic mass is 10.1. The van der Waals surface area contributed by atoms with Crippen molar-refractivity contribution in [3.8, 4) is 0 Å². The lowest BCUT2D eigenvalue weighted by Gasteiger charge is -2.12. The molecule has 90 valence electrons. The summed E-state index contributed by atoms with van der Waals surface area (Å²) in [5.41, 5.74) is 0.0977. The number of imidazole rings is 1. The van der Waals surface area contributed by atoms with Gasteiger partial charge < -0.3 is 4.57 Å². The van der Waals surface area contributed by atoms with Gasteiger partial charge in [0.2, 0.25) is 0 Å². The van der Waals surface area contributed by atoms with Crippen molar-refractivity contribution >= 4 is 11.8 Å². The highest BCUT2D eigenvalue weighted by Gasteiger charge is 2.18. The van der Waals surface area contributed by atoms with Gasteiger partial charge >= 0.3 is 0 Å². The van der Waals surface area contributed by atoms with Gasteiger partial charge in [0.1, 0.15) is 11.6 Å². The van der Waals surface area contributed by atoms with Crippen molar-refractivity contribution in [1.82, 2.24) is 9.55 Å². The van der Waals surface area contributed by atoms with Crippen LogP contribution in [-0.2, 0) is 7.05 Å². The van der Waals surface area contributed by atoms with E-state index in [2.05, 4.69) is 4.98 Å². The van der Waals surface area contributed by atoms with Gasteiger partial charge in [-0.3, -0.25) is 0 Å². The molecule has 0 amide bonds. The number of benzene rings is 1. The molecule has 1 aromatic heterocycles. The van der Waals surface area contributed by atoms with E-state index in [-0.39, 0.29) is 10.8 Å². The Bertz CT molecular complexity index is 505. The predicted octanol–water partition coefficient (Wildman–Crippen LogP) is 3.55. The van der Waals surface area contributed by atoms with Crippen LogP contribution in [0, 0.1) is 11.6 Å². The maximum atomic E-state index is 13.5. The summed E-state index contributed by atoms with van der Waals surface area (Å²) in [6, 6.07) is 3.91. The first-order valence-corrected chi connectivity index (χ1v) is 6.05. The number of hydrogen-bond donors (Lipinski definition) is 0. The first kappa shape index (κ1) is 12.1. The van der Waals surface area contributed by atoms with Gasteiger partial charge in [-0.1, -0.05) is 17.8 Å². The van der Waals surface area contributed by atoms with Gasteiger partial charge in [0, 0.05) is 30.3 Å². The lowest BCUT2D eigenvalue weighted by molar-refractivity contribution is 0.557. The molecule has 1 aromatic carbocycles. The fourth-order valence-electron chi connectivity index (χ4n) is 1.58. The highest BCUT2D eigenvalue weighted by Crippen LogP contribution is 2.35. The van der Waals surface area contributed by atoms with Crippen molar-refractivity contribution in [1.29, 1.82) is 0 Å². The summed E-state index contributed by atoms with van der Waals surface area (Å²) in [4.78, 5) is 4.12. The molecular formula is C12H12F2N2S. The van der Waals surface area contributed by atoms with E-state index in [1.165, 1.54) is 30.0 Å². The molecule has 5 heteroatoms. The largest absolute Gasteiger partial charge is 0.329 e. The first-order chi connectivity index (χ1) is 8.09. The summed E-state index contributed by atoms with van der Waals surface area (Å²) in [5, 5.41) is 0.414. The molecule has 0 aliphatic heterocycles. The Morgan fingerprint density at radius 2 is 1.94 bits per heavy atom. The monoisotopic (exact) mass is 254 g/mol. The molecule has 0 saturated heterocycles. The van der Waals surface area contributed by atoms with Crippen LogP contribution in [0.2, 0.25) is 0 Å². The quantitative estimate of drug-likeness (QED) is 0.779. The topological polar surface area (TPSA) is 17.8 Å². The van der Waals surface area contributed by atoms with Gasteiger partial charge in [0.25, 0.3) is 0 Å². The molecule has 1 unspecified atom stereocenters. The summed E-state index contributed by atoms with van der Waals surface area (Å²) >= 11 is 1.33. The van der Waals surface area contributed by atoms with Gasteiger partial charge in [-0.2, -0.15) is 0 Å². The van der Waals surface area contributed by atoms with Crippen LogP contribution in [0.15, 0.2) is 35.7 Å². The highest BCUT2D eigenvalue weighted by atomic mass is 32.2. The summed E-state index contributed by atoms with van der Waals surface area (Å²) in [6.07, 6.45) is 3.46. The number of halogens is 2. The van der Waals surface area contributed by atoms with Crippen LogP contribution in [0.1, 0.15) is 17.7 Å². The minimum atomic E-state index is -0.515. The zero-order valence-electron chi connectivity index (χ0n) is 9.52. The minimum Gasteiger partial charge on any atom is -0.329 e. The maximum absolute atomic E-state index is 13.5. The third kappa shape index (κ3) is 2.49. The SMILES string of the molecule is CC(Sc1nccn1C)c1c(F)cccc1F. The molecule has 0 fully saturated rings. The highest BCUT2D eigenvalue weighted by molar-refractivity contribution is 7.99. The van der Waals surface area contributed by atoms with E-state index in [1.54, 1.807) is 19.3 Å². The van der Waals surface area contributed by atoms with Gasteiger partial charge in [0.05, 0.1) is 0 Å². The maximum Gasteiger partial charge on any atom is 0.168 e. The van der Waals surface area contributed by atoms with Crippen molar-refractivity contribution in [3.05, 3.63) is 47.8 Å². The zero-order valence-corrected chi connectivity index (χ0v) is 10.3. The summed E-state index contributed by atoms with van der Waals surface area (Å²) in [6.45, 7) is 1.76. The average molecular weight is 254 g/mol. The minimum absolute atomic E-state index is 0.0977. The molecule has 1 atom stereocenters. The average Bonchev–Trinajstić information content (AvgIpc) is 2.64. The summed E-state index contributed by atoms with van der Waals surface area (Å²) in [7, 11) is 1.85. The molecule has 0 saturated carbocycles. The van der Waals surface area contributed by atoms with Crippen molar-refractivity contribution in [2.75, 3.05) is 0 Å². The van der Waals surface area contributed by atoms with Crippen LogP contribution < -0.4 is 0 Å². The second kappa shape index (κ2) is 4.87. The third-order valence-electron chi connectivity index (χ3n) is 2.47. The smallest absolute Gasteiger partial charge is 0.168 e. The lowest BCUT2D eigenvalue weighted by Crippen LogP contribution is -2.00. The summed E-state index contributed by atoms with van der Waals surface area (Å²) in [5.74, 6) is -1.03. The molecule has 0 aliphatic carbocycles. The molecule has 0 radical (unpaired) electrons. The van der Waals surface area contributed by atoms with Crippen LogP contribution in [0.3, 0.4) is 0 Å². The van der Waals surface area contributed by atoms with Crippen LogP contribution in [0.25, 0.3) is 0 Å². The van der Waals surface area contributed by atoms with Crippen molar-refractivity contribution in [3.63, 3.8) is 0 Å². The number of aryl methyl sites for hydroxylation is 1. The Morgan fingerprint density at radius 1 is 1.29 bits per heavy atom. The second-order valence-corrected chi connectivity index (χ2v) is 5.02. The van der Waals surface area contributed by atoms with Crippen molar-refractivity contribution in [2.45, 2.75) is 17.3 Å². The number of hydrogen-bond acceptors (Lipinski definition) is 2. The first-order valence-electron chi connectivity index (χ1n) is 5.17. The van der Waals surface area contributed by atoms with Crippen molar-refractivity contribution < 1.29 is 8.78 Å². The molecule has 2 aromatic rings. The zero-order chi connectivity index (χ0) is 12.4. The van der Waals surface area contributed by atoms with Crippen LogP contribution in [0.4, 0.5) is 8.78 Å². The summed E-state index contributed by atoms with van der Waals surface area (Å²) < 4.78 is 28.9. The van der Waals surface area contributed by atoms with E-state index in [0.29, 0.717) is 0 Å². The van der Waals surface area contributed by atoms with Gasteiger partial charge in [-0.15, -0.1) is 0 Å². The van der Waals surface area contributed by atoms with Crippen molar-refractivity contribution in [2.24, 2.45) is 7.05 Å². The fraction of sp³-hybridized carbons (Fsp3) is 0.250. The van der Waals surface area contributed by atoms with Crippen LogP contribution in [0.5, 0.6) is 0 Å². The van der Waals surface area contributed by atoms with Gasteiger partial charge in [-0.25, -0.2) is 13.8 Å². The third-order valence-corrected chi connectivity index (χ3v) is 3.66. The van der Waals surface area contributed by atoms with E-state index in [4.69, 9.17) is 0 Å². The Hall–Kier alpha value is -1.36. The van der Waals surface area contributed by atoms with E-state index in [1.807, 2.05) is 11.6 Å². The van der Waals surface area contributed by atoms with E-state index in [9.17, 15) is 8.78 Å². The predicted molar refractivity (Wildman–Crippen MR) is 63.8 cm³/mol. The van der Waals surface area contributed by atoms with Gasteiger partial charge in [0.15, 0.2) is 5.16 Å². The molecule has 0 aliphatic rings. The van der Waals surface area contributed by atoms with E-state index >= 15 is 0 Å². The number of nitrogens with zero attached hydrogens (tertiary/aromatic N) is 2. The Balaban J connectivity index is 2.26. The Labute approximate surface area is 103 Å². The van der Waals surface area contributed by atoms with Crippen LogP contribution in [-0.4, -0.2) is 9.55 Å². The number of rotatable bonds is 3. The number of aromatic nitrogens is 2.